The molecule has 0 heterocycles. The third kappa shape index (κ3) is 2.30. The number of aliphatic hydroxyl groups excluding tert-OH is 1. The second kappa shape index (κ2) is 6.28. The molecule has 4 nitrogen and oxygen atoms in total. The van der Waals surface area contributed by atoms with E-state index in [2.05, 4.69) is 46.4 Å². The van der Waals surface area contributed by atoms with Gasteiger partial charge < -0.3 is 15.3 Å². The normalized spacial score (nSPS) is 45.0. The van der Waals surface area contributed by atoms with Crippen LogP contribution in [0.3, 0.4) is 0 Å². The maximum absolute atomic E-state index is 12.7. The molecule has 0 bridgehead atoms. The third-order valence-electron chi connectivity index (χ3n) is 10.7. The number of aliphatic hydroxyl groups is 1. The number of hydrogen-bond donors (Lipinski definition) is 3. The zero-order valence-electron chi connectivity index (χ0n) is 20.0. The first kappa shape index (κ1) is 21.8. The summed E-state index contributed by atoms with van der Waals surface area (Å²) in [6, 6.07) is 1.73. The average Bonchev–Trinajstić information content (AvgIpc) is 2.75. The molecule has 0 aliphatic heterocycles. The molecule has 5 rings (SSSR count). The number of phenolic OH excluding ortho intramolecular Hbond substituents is 2. The van der Waals surface area contributed by atoms with Crippen molar-refractivity contribution in [3.05, 3.63) is 33.7 Å². The molecule has 1 aromatic carbocycles. The minimum Gasteiger partial charge on any atom is -0.504 e. The van der Waals surface area contributed by atoms with Crippen molar-refractivity contribution in [2.24, 2.45) is 28.1 Å². The van der Waals surface area contributed by atoms with Gasteiger partial charge in [0, 0.05) is 22.0 Å². The van der Waals surface area contributed by atoms with Crippen molar-refractivity contribution < 1.29 is 20.1 Å². The SMILES string of the molecule is C=c1c(O)c(O)cc2c1=CC=C1[C@@]2(C)CC[C@@]2(C)[C@@H]3C[C@@H](C)C(=O)[C@@H](O)[C@]3(C)CC[C@]12C. The predicted octanol–water partition coefficient (Wildman–Crippen LogP) is 3.68. The number of benzene rings is 1. The minimum atomic E-state index is -0.882. The summed E-state index contributed by atoms with van der Waals surface area (Å²) >= 11 is 0. The van der Waals surface area contributed by atoms with Crippen LogP contribution in [0.2, 0.25) is 0 Å². The Morgan fingerprint density at radius 2 is 1.72 bits per heavy atom. The highest BCUT2D eigenvalue weighted by atomic mass is 16.3. The first-order valence-corrected chi connectivity index (χ1v) is 12.0. The van der Waals surface area contributed by atoms with Gasteiger partial charge in [-0.25, -0.2) is 0 Å². The molecule has 0 saturated heterocycles. The van der Waals surface area contributed by atoms with Crippen LogP contribution in [0.25, 0.3) is 12.7 Å². The topological polar surface area (TPSA) is 77.8 Å². The van der Waals surface area contributed by atoms with E-state index in [1.807, 2.05) is 6.92 Å². The number of rotatable bonds is 0. The van der Waals surface area contributed by atoms with Crippen molar-refractivity contribution in [3.8, 4) is 11.5 Å². The molecule has 4 heteroatoms. The van der Waals surface area contributed by atoms with E-state index in [-0.39, 0.29) is 50.8 Å². The van der Waals surface area contributed by atoms with Crippen molar-refractivity contribution in [1.82, 2.24) is 0 Å². The van der Waals surface area contributed by atoms with E-state index in [0.717, 1.165) is 42.9 Å². The van der Waals surface area contributed by atoms with Gasteiger partial charge in [0.1, 0.15) is 6.10 Å². The quantitative estimate of drug-likeness (QED) is 0.542. The molecule has 4 aliphatic rings. The summed E-state index contributed by atoms with van der Waals surface area (Å²) < 4.78 is 0. The zero-order chi connectivity index (χ0) is 23.4. The Kier molecular flexibility index (Phi) is 4.27. The summed E-state index contributed by atoms with van der Waals surface area (Å²) in [6.45, 7) is 15.2. The second-order valence-electron chi connectivity index (χ2n) is 12.0. The number of allylic oxidation sites excluding steroid dienone is 2. The van der Waals surface area contributed by atoms with Crippen LogP contribution in [-0.4, -0.2) is 27.2 Å². The number of ketones is 1. The smallest absolute Gasteiger partial charge is 0.164 e. The molecular weight excluding hydrogens is 400 g/mol. The molecule has 0 radical (unpaired) electrons. The van der Waals surface area contributed by atoms with Crippen molar-refractivity contribution in [1.29, 1.82) is 0 Å². The summed E-state index contributed by atoms with van der Waals surface area (Å²) in [5.74, 6) is -0.0941. The van der Waals surface area contributed by atoms with Crippen LogP contribution >= 0.6 is 0 Å². The monoisotopic (exact) mass is 436 g/mol. The molecule has 3 fully saturated rings. The Hall–Kier alpha value is -2.07. The Morgan fingerprint density at radius 1 is 1.03 bits per heavy atom. The number of aromatic hydroxyl groups is 2. The highest BCUT2D eigenvalue weighted by Gasteiger charge is 2.67. The third-order valence-corrected chi connectivity index (χ3v) is 10.7. The molecule has 172 valence electrons. The van der Waals surface area contributed by atoms with Crippen molar-refractivity contribution in [2.75, 3.05) is 0 Å². The fourth-order valence-electron chi connectivity index (χ4n) is 8.35. The summed E-state index contributed by atoms with van der Waals surface area (Å²) in [6.07, 6.45) is 7.89. The highest BCUT2D eigenvalue weighted by Crippen LogP contribution is 2.73. The Balaban J connectivity index is 1.69. The standard InChI is InChI=1S/C28H36O4/c1-15-13-21-26(4,24(32)22(15)30)10-12-27(5)20-8-7-17-16(2)23(31)19(29)14-18(17)25(20,3)9-11-28(21,27)6/h7-8,14-15,21,24,29,31-32H,2,9-13H2,1,3-6H3/t15-,21-,24-,25+,26-,27-,28+/m1/s1. The average molecular weight is 437 g/mol. The number of carbonyl (C=O) groups is 1. The number of fused-ring (bicyclic) bond motifs is 7. The zero-order valence-corrected chi connectivity index (χ0v) is 20.0. The molecule has 0 amide bonds. The number of carbonyl (C=O) groups excluding carboxylic acids is 1. The molecule has 4 aliphatic carbocycles. The summed E-state index contributed by atoms with van der Waals surface area (Å²) in [7, 11) is 0. The van der Waals surface area contributed by atoms with Gasteiger partial charge in [-0.15, -0.1) is 0 Å². The van der Waals surface area contributed by atoms with Crippen molar-refractivity contribution in [3.63, 3.8) is 0 Å². The van der Waals surface area contributed by atoms with E-state index in [9.17, 15) is 20.1 Å². The molecule has 3 saturated carbocycles. The van der Waals surface area contributed by atoms with Gasteiger partial charge in [0.15, 0.2) is 17.3 Å². The van der Waals surface area contributed by atoms with Gasteiger partial charge in [-0.1, -0.05) is 58.9 Å². The van der Waals surface area contributed by atoms with Crippen LogP contribution in [0, 0.1) is 28.1 Å². The van der Waals surface area contributed by atoms with Crippen LogP contribution < -0.4 is 10.4 Å². The number of hydrogen-bond acceptors (Lipinski definition) is 4. The van der Waals surface area contributed by atoms with Crippen molar-refractivity contribution >= 4 is 18.4 Å². The van der Waals surface area contributed by atoms with Gasteiger partial charge in [0.25, 0.3) is 0 Å². The van der Waals surface area contributed by atoms with E-state index < -0.39 is 6.10 Å². The Bertz CT molecular complexity index is 1180. The maximum Gasteiger partial charge on any atom is 0.164 e. The van der Waals surface area contributed by atoms with Crippen molar-refractivity contribution in [2.45, 2.75) is 78.2 Å². The van der Waals surface area contributed by atoms with Gasteiger partial charge >= 0.3 is 0 Å². The summed E-state index contributed by atoms with van der Waals surface area (Å²) in [5.41, 5.74) is 1.65. The molecule has 32 heavy (non-hydrogen) atoms. The molecule has 0 aromatic heterocycles. The van der Waals surface area contributed by atoms with Gasteiger partial charge in [-0.05, 0) is 65.7 Å². The van der Waals surface area contributed by atoms with Crippen LogP contribution in [0.4, 0.5) is 0 Å². The summed E-state index contributed by atoms with van der Waals surface area (Å²) in [4.78, 5) is 12.7. The fraction of sp³-hybridized carbons (Fsp3) is 0.607. The van der Waals surface area contributed by atoms with Gasteiger partial charge in [-0.3, -0.25) is 4.79 Å². The van der Waals surface area contributed by atoms with Gasteiger partial charge in [0.2, 0.25) is 0 Å². The van der Waals surface area contributed by atoms with Crippen LogP contribution in [0.15, 0.2) is 17.7 Å². The van der Waals surface area contributed by atoms with E-state index in [1.165, 1.54) is 5.57 Å². The minimum absolute atomic E-state index is 0.00833. The Labute approximate surface area is 190 Å². The van der Waals surface area contributed by atoms with Crippen LogP contribution in [0.5, 0.6) is 11.5 Å². The molecular formula is C28H36O4. The first-order valence-electron chi connectivity index (χ1n) is 12.0. The molecule has 0 spiro atoms. The number of phenols is 2. The summed E-state index contributed by atoms with van der Waals surface area (Å²) in [5, 5.41) is 33.1. The predicted molar refractivity (Wildman–Crippen MR) is 126 cm³/mol. The van der Waals surface area contributed by atoms with Gasteiger partial charge in [0.05, 0.1) is 0 Å². The number of Topliss-reactive ketones (excluding diaryl/α,β-unsaturated/α-hetero) is 1. The lowest BCUT2D eigenvalue weighted by molar-refractivity contribution is -0.190. The second-order valence-corrected chi connectivity index (χ2v) is 12.0. The first-order chi connectivity index (χ1) is 14.8. The van der Waals surface area contributed by atoms with Crippen LogP contribution in [0.1, 0.15) is 72.3 Å². The van der Waals surface area contributed by atoms with E-state index in [1.54, 1.807) is 6.07 Å². The Morgan fingerprint density at radius 3 is 2.41 bits per heavy atom. The fourth-order valence-corrected chi connectivity index (χ4v) is 8.35. The molecule has 0 unspecified atom stereocenters. The van der Waals surface area contributed by atoms with Crippen LogP contribution in [-0.2, 0) is 10.2 Å². The lowest BCUT2D eigenvalue weighted by Crippen LogP contribution is -2.66. The highest BCUT2D eigenvalue weighted by molar-refractivity contribution is 5.86. The lowest BCUT2D eigenvalue weighted by atomic mass is 9.35. The van der Waals surface area contributed by atoms with E-state index in [0.29, 0.717) is 5.22 Å². The largest absolute Gasteiger partial charge is 0.504 e. The molecule has 7 atom stereocenters. The van der Waals surface area contributed by atoms with E-state index in [4.69, 9.17) is 0 Å². The molecule has 1 aromatic rings. The lowest BCUT2D eigenvalue weighted by Gasteiger charge is -2.69. The van der Waals surface area contributed by atoms with Gasteiger partial charge in [-0.2, -0.15) is 0 Å². The molecule has 3 N–H and O–H groups in total. The van der Waals surface area contributed by atoms with E-state index >= 15 is 0 Å². The maximum atomic E-state index is 12.7.